The van der Waals surface area contributed by atoms with Gasteiger partial charge in [0.1, 0.15) is 0 Å². The van der Waals surface area contributed by atoms with Crippen molar-refractivity contribution in [3.8, 4) is 0 Å². The molecule has 1 saturated carbocycles. The monoisotopic (exact) mass is 413 g/mol. The van der Waals surface area contributed by atoms with Gasteiger partial charge in [-0.15, -0.1) is 0 Å². The standard InChI is InChI=1S/C27H27P2/c1-22(29(25-16-8-4-9-17-25)26-18-10-5-11-19-26)27-20-12-13-23(27)21-28(2)24-14-6-3-7-15-24/h3-20,22H,21H2,1-2H3/t22-,28?/m1/s1. The van der Waals surface area contributed by atoms with E-state index < -0.39 is 7.92 Å². The molecular weight excluding hydrogens is 386 g/mol. The van der Waals surface area contributed by atoms with Crippen LogP contribution in [0.15, 0.2) is 91.0 Å². The van der Waals surface area contributed by atoms with Gasteiger partial charge in [-0.25, -0.2) is 0 Å². The van der Waals surface area contributed by atoms with Gasteiger partial charge in [0.25, 0.3) is 0 Å². The van der Waals surface area contributed by atoms with Crippen LogP contribution in [-0.2, 0) is 0 Å². The van der Waals surface area contributed by atoms with Crippen LogP contribution in [-0.4, -0.2) is 18.5 Å². The van der Waals surface area contributed by atoms with Gasteiger partial charge >= 0.3 is 0 Å². The summed E-state index contributed by atoms with van der Waals surface area (Å²) in [6.07, 6.45) is 8.10. The van der Waals surface area contributed by atoms with E-state index in [1.54, 1.807) is 0 Å². The van der Waals surface area contributed by atoms with Crippen molar-refractivity contribution in [2.75, 3.05) is 12.8 Å². The zero-order chi connectivity index (χ0) is 20.1. The fourth-order valence-corrected chi connectivity index (χ4v) is 8.34. The van der Waals surface area contributed by atoms with Gasteiger partial charge in [0.2, 0.25) is 0 Å². The van der Waals surface area contributed by atoms with Crippen LogP contribution in [0, 0.1) is 31.1 Å². The van der Waals surface area contributed by atoms with Gasteiger partial charge in [-0.3, -0.25) is 0 Å². The molecule has 0 amide bonds. The molecule has 0 N–H and O–H groups in total. The predicted octanol–water partition coefficient (Wildman–Crippen LogP) is 5.72. The predicted molar refractivity (Wildman–Crippen MR) is 132 cm³/mol. The van der Waals surface area contributed by atoms with E-state index in [9.17, 15) is 0 Å². The highest BCUT2D eigenvalue weighted by Crippen LogP contribution is 2.52. The molecule has 0 bridgehead atoms. The van der Waals surface area contributed by atoms with Gasteiger partial charge in [0.05, 0.1) is 0 Å². The largest absolute Gasteiger partial charge is 0.0779 e. The Balaban J connectivity index is 1.57. The SMILES string of the molecule is C[C@H]([C]1[CH][CH][CH][C]1CP(C)c1ccccc1)P(c1ccccc1)c1ccccc1. The van der Waals surface area contributed by atoms with E-state index in [0.717, 1.165) is 6.16 Å². The van der Waals surface area contributed by atoms with Crippen molar-refractivity contribution in [1.29, 1.82) is 0 Å². The van der Waals surface area contributed by atoms with Crippen LogP contribution in [0.1, 0.15) is 6.92 Å². The van der Waals surface area contributed by atoms with Gasteiger partial charge in [-0.2, -0.15) is 0 Å². The van der Waals surface area contributed by atoms with Crippen LogP contribution in [0.3, 0.4) is 0 Å². The summed E-state index contributed by atoms with van der Waals surface area (Å²) in [5, 5.41) is 4.39. The molecule has 3 aromatic rings. The Morgan fingerprint density at radius 3 is 1.66 bits per heavy atom. The molecule has 2 atom stereocenters. The lowest BCUT2D eigenvalue weighted by Gasteiger charge is -2.33. The minimum absolute atomic E-state index is 0.188. The molecule has 0 aromatic heterocycles. The molecule has 1 unspecified atom stereocenters. The van der Waals surface area contributed by atoms with Crippen molar-refractivity contribution < 1.29 is 0 Å². The highest BCUT2D eigenvalue weighted by Gasteiger charge is 2.38. The van der Waals surface area contributed by atoms with E-state index in [1.165, 1.54) is 27.7 Å². The maximum Gasteiger partial charge on any atom is -0.00527 e. The van der Waals surface area contributed by atoms with Gasteiger partial charge in [-0.05, 0) is 73.4 Å². The third kappa shape index (κ3) is 4.99. The molecule has 29 heavy (non-hydrogen) atoms. The second kappa shape index (κ2) is 10.0. The molecule has 0 nitrogen and oxygen atoms in total. The Morgan fingerprint density at radius 2 is 1.14 bits per heavy atom. The van der Waals surface area contributed by atoms with Crippen molar-refractivity contribution in [3.63, 3.8) is 0 Å². The smallest absolute Gasteiger partial charge is 0.00527 e. The van der Waals surface area contributed by atoms with E-state index in [-0.39, 0.29) is 7.92 Å². The summed E-state index contributed by atoms with van der Waals surface area (Å²) in [7, 11) is -0.639. The maximum atomic E-state index is 2.42. The Morgan fingerprint density at radius 1 is 0.655 bits per heavy atom. The van der Waals surface area contributed by atoms with Crippen molar-refractivity contribution in [1.82, 2.24) is 0 Å². The Bertz CT molecular complexity index is 823. The summed E-state index contributed by atoms with van der Waals surface area (Å²) >= 11 is 0. The van der Waals surface area contributed by atoms with E-state index in [0.29, 0.717) is 5.66 Å². The molecule has 145 valence electrons. The van der Waals surface area contributed by atoms with Gasteiger partial charge in [-0.1, -0.05) is 106 Å². The lowest BCUT2D eigenvalue weighted by atomic mass is 9.95. The molecule has 3 aromatic carbocycles. The van der Waals surface area contributed by atoms with Gasteiger partial charge in [0, 0.05) is 0 Å². The topological polar surface area (TPSA) is 0 Å². The number of hydrogen-bond acceptors (Lipinski definition) is 0. The van der Waals surface area contributed by atoms with Crippen LogP contribution in [0.25, 0.3) is 0 Å². The van der Waals surface area contributed by atoms with Crippen molar-refractivity contribution in [3.05, 3.63) is 122 Å². The first-order chi connectivity index (χ1) is 14.2. The first kappa shape index (κ1) is 20.8. The third-order valence-corrected chi connectivity index (χ3v) is 10.2. The third-order valence-electron chi connectivity index (χ3n) is 5.45. The number of benzene rings is 3. The maximum absolute atomic E-state index is 2.42. The minimum atomic E-state index is -0.451. The van der Waals surface area contributed by atoms with Crippen molar-refractivity contribution >= 4 is 31.8 Å². The van der Waals surface area contributed by atoms with E-state index >= 15 is 0 Å². The molecule has 1 aliphatic rings. The first-order valence-electron chi connectivity index (χ1n) is 10.1. The summed E-state index contributed by atoms with van der Waals surface area (Å²) < 4.78 is 0. The summed E-state index contributed by atoms with van der Waals surface area (Å²) in [5.41, 5.74) is 0.485. The average Bonchev–Trinajstić information content (AvgIpc) is 3.24. The Labute approximate surface area is 179 Å². The highest BCUT2D eigenvalue weighted by molar-refractivity contribution is 7.73. The van der Waals surface area contributed by atoms with Crippen LogP contribution < -0.4 is 15.9 Å². The van der Waals surface area contributed by atoms with Crippen molar-refractivity contribution in [2.45, 2.75) is 12.6 Å². The van der Waals surface area contributed by atoms with Gasteiger partial charge in [0.15, 0.2) is 0 Å². The Hall–Kier alpha value is -1.48. The summed E-state index contributed by atoms with van der Waals surface area (Å²) in [5.74, 6) is 3.04. The van der Waals surface area contributed by atoms with Crippen molar-refractivity contribution in [2.24, 2.45) is 0 Å². The molecule has 5 radical (unpaired) electrons. The second-order valence-corrected chi connectivity index (χ2v) is 12.2. The van der Waals surface area contributed by atoms with Crippen LogP contribution in [0.4, 0.5) is 0 Å². The lowest BCUT2D eigenvalue weighted by molar-refractivity contribution is 0.946. The fourth-order valence-electron chi connectivity index (χ4n) is 3.96. The van der Waals surface area contributed by atoms with E-state index in [1.807, 2.05) is 0 Å². The van der Waals surface area contributed by atoms with Crippen LogP contribution in [0.5, 0.6) is 0 Å². The molecule has 2 heteroatoms. The average molecular weight is 413 g/mol. The zero-order valence-corrected chi connectivity index (χ0v) is 18.9. The molecule has 0 heterocycles. The normalized spacial score (nSPS) is 17.5. The number of rotatable bonds is 7. The Kier molecular flexibility index (Phi) is 7.18. The quantitative estimate of drug-likeness (QED) is 0.435. The summed E-state index contributed by atoms with van der Waals surface area (Å²) in [6, 6.07) is 33.1. The zero-order valence-electron chi connectivity index (χ0n) is 17.1. The highest BCUT2D eigenvalue weighted by atomic mass is 31.1. The molecule has 1 fully saturated rings. The molecular formula is C27H27P2. The molecule has 4 rings (SSSR count). The molecule has 0 spiro atoms. The molecule has 0 saturated heterocycles. The molecule has 0 aliphatic heterocycles. The number of hydrogen-bond donors (Lipinski definition) is 0. The minimum Gasteiger partial charge on any atom is -0.0779 e. The first-order valence-corrected chi connectivity index (χ1v) is 13.5. The second-order valence-electron chi connectivity index (χ2n) is 7.42. The summed E-state index contributed by atoms with van der Waals surface area (Å²) in [6.45, 7) is 4.83. The fraction of sp³-hybridized carbons (Fsp3) is 0.148. The van der Waals surface area contributed by atoms with E-state index in [2.05, 4.69) is 124 Å². The van der Waals surface area contributed by atoms with Crippen LogP contribution in [0.2, 0.25) is 0 Å². The van der Waals surface area contributed by atoms with E-state index in [4.69, 9.17) is 0 Å². The lowest BCUT2D eigenvalue weighted by Crippen LogP contribution is -2.27. The summed E-state index contributed by atoms with van der Waals surface area (Å²) in [4.78, 5) is 0. The van der Waals surface area contributed by atoms with Gasteiger partial charge < -0.3 is 0 Å². The van der Waals surface area contributed by atoms with Crippen LogP contribution >= 0.6 is 15.8 Å². The molecule has 1 aliphatic carbocycles.